The smallest absolute Gasteiger partial charge is 0.347 e. The molecule has 0 bridgehead atoms. The molecule has 2 rings (SSSR count). The van der Waals surface area contributed by atoms with Crippen LogP contribution in [0.4, 0.5) is 0 Å². The fraction of sp³-hybridized carbons (Fsp3) is 0.636. The van der Waals surface area contributed by atoms with Crippen molar-refractivity contribution in [3.05, 3.63) is 16.1 Å². The molecule has 0 radical (unpaired) electrons. The summed E-state index contributed by atoms with van der Waals surface area (Å²) in [5.41, 5.74) is 0. The second kappa shape index (κ2) is 4.31. The lowest BCUT2D eigenvalue weighted by molar-refractivity contribution is 0.0702. The van der Waals surface area contributed by atoms with E-state index in [1.165, 1.54) is 30.4 Å². The maximum absolute atomic E-state index is 10.7. The van der Waals surface area contributed by atoms with Gasteiger partial charge in [-0.1, -0.05) is 19.8 Å². The Labute approximate surface area is 93.2 Å². The summed E-state index contributed by atoms with van der Waals surface area (Å²) in [7, 11) is 0. The Morgan fingerprint density at radius 3 is 3.00 bits per heavy atom. The Bertz CT molecular complexity index is 361. The molecule has 1 aromatic heterocycles. The van der Waals surface area contributed by atoms with Gasteiger partial charge in [0.1, 0.15) is 4.88 Å². The second-order valence-electron chi connectivity index (χ2n) is 4.34. The first-order chi connectivity index (χ1) is 7.16. The van der Waals surface area contributed by atoms with Crippen molar-refractivity contribution in [1.82, 2.24) is 4.98 Å². The van der Waals surface area contributed by atoms with E-state index in [-0.39, 0.29) is 0 Å². The number of hydrogen-bond acceptors (Lipinski definition) is 3. The number of carboxylic acids is 1. The maximum atomic E-state index is 10.7. The Balaban J connectivity index is 2.11. The summed E-state index contributed by atoms with van der Waals surface area (Å²) in [6, 6.07) is 0. The van der Waals surface area contributed by atoms with Crippen LogP contribution in [0.2, 0.25) is 0 Å². The largest absolute Gasteiger partial charge is 0.477 e. The van der Waals surface area contributed by atoms with Crippen molar-refractivity contribution >= 4 is 17.3 Å². The van der Waals surface area contributed by atoms with Gasteiger partial charge < -0.3 is 5.11 Å². The number of aromatic nitrogens is 1. The predicted octanol–water partition coefficient (Wildman–Crippen LogP) is 3.14. The summed E-state index contributed by atoms with van der Waals surface area (Å²) in [4.78, 5) is 15.3. The molecule has 1 N–H and O–H groups in total. The van der Waals surface area contributed by atoms with E-state index in [0.29, 0.717) is 10.8 Å². The van der Waals surface area contributed by atoms with Crippen molar-refractivity contribution in [2.45, 2.75) is 38.5 Å². The molecule has 1 aromatic rings. The predicted molar refractivity (Wildman–Crippen MR) is 59.4 cm³/mol. The van der Waals surface area contributed by atoms with Gasteiger partial charge in [-0.05, 0) is 18.8 Å². The molecule has 0 aliphatic heterocycles. The summed E-state index contributed by atoms with van der Waals surface area (Å²) in [6.45, 7) is 2.26. The van der Waals surface area contributed by atoms with Crippen LogP contribution >= 0.6 is 11.3 Å². The molecule has 4 heteroatoms. The lowest BCUT2D eigenvalue weighted by atomic mass is 9.83. The summed E-state index contributed by atoms with van der Waals surface area (Å²) < 4.78 is 0. The average molecular weight is 225 g/mol. The number of carbonyl (C=O) groups is 1. The first kappa shape index (κ1) is 10.6. The van der Waals surface area contributed by atoms with Gasteiger partial charge in [0.25, 0.3) is 0 Å². The summed E-state index contributed by atoms with van der Waals surface area (Å²) >= 11 is 1.34. The molecule has 1 heterocycles. The van der Waals surface area contributed by atoms with Crippen molar-refractivity contribution in [2.24, 2.45) is 5.92 Å². The van der Waals surface area contributed by atoms with Gasteiger partial charge in [-0.25, -0.2) is 9.78 Å². The number of aromatic carboxylic acids is 1. The van der Waals surface area contributed by atoms with Gasteiger partial charge in [0, 0.05) is 5.92 Å². The van der Waals surface area contributed by atoms with Crippen LogP contribution in [-0.4, -0.2) is 16.1 Å². The molecular weight excluding hydrogens is 210 g/mol. The van der Waals surface area contributed by atoms with Gasteiger partial charge in [-0.3, -0.25) is 0 Å². The van der Waals surface area contributed by atoms with Crippen molar-refractivity contribution in [2.75, 3.05) is 0 Å². The van der Waals surface area contributed by atoms with E-state index < -0.39 is 5.97 Å². The standard InChI is InChI=1S/C11H15NO2S/c1-7-3-2-4-8(5-7)10-12-6-9(15-10)11(13)14/h6-8H,2-5H2,1H3,(H,13,14). The summed E-state index contributed by atoms with van der Waals surface area (Å²) in [5.74, 6) is 0.385. The number of hydrogen-bond donors (Lipinski definition) is 1. The third-order valence-corrected chi connectivity index (χ3v) is 4.17. The molecule has 0 amide bonds. The normalized spacial score (nSPS) is 26.5. The second-order valence-corrected chi connectivity index (χ2v) is 5.40. The number of rotatable bonds is 2. The van der Waals surface area contributed by atoms with Crippen LogP contribution in [0.1, 0.15) is 53.2 Å². The van der Waals surface area contributed by atoms with E-state index in [1.54, 1.807) is 0 Å². The van der Waals surface area contributed by atoms with Crippen molar-refractivity contribution in [3.8, 4) is 0 Å². The molecule has 1 saturated carbocycles. The number of nitrogens with zero attached hydrogens (tertiary/aromatic N) is 1. The van der Waals surface area contributed by atoms with Crippen molar-refractivity contribution < 1.29 is 9.90 Å². The van der Waals surface area contributed by atoms with E-state index in [2.05, 4.69) is 11.9 Å². The zero-order valence-corrected chi connectivity index (χ0v) is 9.59. The van der Waals surface area contributed by atoms with Crippen molar-refractivity contribution in [3.63, 3.8) is 0 Å². The first-order valence-electron chi connectivity index (χ1n) is 5.36. The van der Waals surface area contributed by atoms with Crippen LogP contribution in [0.5, 0.6) is 0 Å². The third kappa shape index (κ3) is 2.37. The van der Waals surface area contributed by atoms with Gasteiger partial charge >= 0.3 is 5.97 Å². The summed E-state index contributed by atoms with van der Waals surface area (Å²) in [6.07, 6.45) is 6.35. The molecule has 2 unspecified atom stereocenters. The molecule has 1 aliphatic carbocycles. The Hall–Kier alpha value is -0.900. The molecule has 1 aliphatic rings. The van der Waals surface area contributed by atoms with Gasteiger partial charge in [-0.15, -0.1) is 11.3 Å². The molecule has 0 saturated heterocycles. The minimum Gasteiger partial charge on any atom is -0.477 e. The molecular formula is C11H15NO2S. The molecule has 15 heavy (non-hydrogen) atoms. The molecule has 0 aromatic carbocycles. The molecule has 82 valence electrons. The van der Waals surface area contributed by atoms with Gasteiger partial charge in [0.05, 0.1) is 11.2 Å². The summed E-state index contributed by atoms with van der Waals surface area (Å²) in [5, 5.41) is 9.83. The lowest BCUT2D eigenvalue weighted by Crippen LogP contribution is -2.11. The zero-order valence-electron chi connectivity index (χ0n) is 8.77. The first-order valence-corrected chi connectivity index (χ1v) is 6.17. The van der Waals surface area contributed by atoms with Crippen LogP contribution < -0.4 is 0 Å². The van der Waals surface area contributed by atoms with E-state index in [1.807, 2.05) is 0 Å². The van der Waals surface area contributed by atoms with Crippen molar-refractivity contribution in [1.29, 1.82) is 0 Å². The highest BCUT2D eigenvalue weighted by molar-refractivity contribution is 7.13. The quantitative estimate of drug-likeness (QED) is 0.841. The lowest BCUT2D eigenvalue weighted by Gasteiger charge is -2.24. The zero-order chi connectivity index (χ0) is 10.8. The average Bonchev–Trinajstić information content (AvgIpc) is 2.66. The molecule has 0 spiro atoms. The molecule has 2 atom stereocenters. The highest BCUT2D eigenvalue weighted by atomic mass is 32.1. The number of thiazole rings is 1. The van der Waals surface area contributed by atoms with E-state index in [4.69, 9.17) is 5.11 Å². The Kier molecular flexibility index (Phi) is 3.05. The number of carboxylic acid groups (broad SMARTS) is 1. The topological polar surface area (TPSA) is 50.2 Å². The van der Waals surface area contributed by atoms with Crippen LogP contribution in [0.25, 0.3) is 0 Å². The van der Waals surface area contributed by atoms with Gasteiger partial charge in [-0.2, -0.15) is 0 Å². The van der Waals surface area contributed by atoms with E-state index in [0.717, 1.165) is 23.8 Å². The van der Waals surface area contributed by atoms with Crippen LogP contribution in [0, 0.1) is 5.92 Å². The minimum absolute atomic E-state index is 0.364. The highest BCUT2D eigenvalue weighted by Crippen LogP contribution is 2.37. The van der Waals surface area contributed by atoms with Gasteiger partial charge in [0.2, 0.25) is 0 Å². The minimum atomic E-state index is -0.859. The van der Waals surface area contributed by atoms with Crippen LogP contribution in [-0.2, 0) is 0 Å². The fourth-order valence-electron chi connectivity index (χ4n) is 2.23. The fourth-order valence-corrected chi connectivity index (χ4v) is 3.14. The SMILES string of the molecule is CC1CCCC(c2ncc(C(=O)O)s2)C1. The van der Waals surface area contributed by atoms with Crippen LogP contribution in [0.3, 0.4) is 0 Å². The van der Waals surface area contributed by atoms with Gasteiger partial charge in [0.15, 0.2) is 0 Å². The van der Waals surface area contributed by atoms with Crippen LogP contribution in [0.15, 0.2) is 6.20 Å². The molecule has 3 nitrogen and oxygen atoms in total. The maximum Gasteiger partial charge on any atom is 0.347 e. The van der Waals surface area contributed by atoms with E-state index in [9.17, 15) is 4.79 Å². The molecule has 1 fully saturated rings. The Morgan fingerprint density at radius 1 is 1.60 bits per heavy atom. The van der Waals surface area contributed by atoms with E-state index >= 15 is 0 Å². The Morgan fingerprint density at radius 2 is 2.40 bits per heavy atom. The monoisotopic (exact) mass is 225 g/mol. The third-order valence-electron chi connectivity index (χ3n) is 3.02. The highest BCUT2D eigenvalue weighted by Gasteiger charge is 2.23.